The molecule has 0 aromatic heterocycles. The van der Waals surface area contributed by atoms with E-state index < -0.39 is 12.3 Å². The summed E-state index contributed by atoms with van der Waals surface area (Å²) in [5.41, 5.74) is 1.12. The summed E-state index contributed by atoms with van der Waals surface area (Å²) in [4.78, 5) is 4.34. The van der Waals surface area contributed by atoms with Crippen molar-refractivity contribution in [2.45, 2.75) is 51.6 Å². The molecule has 0 unspecified atom stereocenters. The second-order valence-electron chi connectivity index (χ2n) is 7.43. The van der Waals surface area contributed by atoms with Crippen molar-refractivity contribution in [2.75, 3.05) is 40.4 Å². The van der Waals surface area contributed by atoms with Crippen LogP contribution in [0.15, 0.2) is 18.2 Å². The van der Waals surface area contributed by atoms with Crippen LogP contribution in [0, 0.1) is 0 Å². The number of hydrogen-bond acceptors (Lipinski definition) is 5. The first-order valence-electron chi connectivity index (χ1n) is 9.43. The Kier molecular flexibility index (Phi) is 8.13. The maximum atomic E-state index is 13.3. The van der Waals surface area contributed by atoms with Crippen molar-refractivity contribution < 1.29 is 19.0 Å². The first kappa shape index (κ1) is 20.9. The Morgan fingerprint density at radius 2 is 1.96 bits per heavy atom. The molecule has 1 aliphatic rings. The van der Waals surface area contributed by atoms with E-state index in [-0.39, 0.29) is 6.61 Å². The van der Waals surface area contributed by atoms with E-state index in [2.05, 4.69) is 23.6 Å². The van der Waals surface area contributed by atoms with Crippen molar-refractivity contribution in [2.24, 2.45) is 0 Å². The Balaban J connectivity index is 1.89. The van der Waals surface area contributed by atoms with Gasteiger partial charge >= 0.3 is 0 Å². The zero-order valence-corrected chi connectivity index (χ0v) is 16.4. The Labute approximate surface area is 156 Å². The summed E-state index contributed by atoms with van der Waals surface area (Å²) in [6.07, 6.45) is 0.00809. The molecule has 0 radical (unpaired) electrons. The van der Waals surface area contributed by atoms with E-state index in [0.717, 1.165) is 25.2 Å². The number of benzene rings is 1. The number of likely N-dealkylation sites (tertiary alicyclic amines) is 1. The minimum atomic E-state index is -0.655. The first-order valence-corrected chi connectivity index (χ1v) is 9.43. The zero-order valence-electron chi connectivity index (χ0n) is 16.4. The van der Waals surface area contributed by atoms with Gasteiger partial charge in [0.25, 0.3) is 0 Å². The van der Waals surface area contributed by atoms with E-state index in [0.29, 0.717) is 36.9 Å². The van der Waals surface area contributed by atoms with Gasteiger partial charge in [-0.2, -0.15) is 0 Å². The topological polar surface area (TPSA) is 45.2 Å². The second-order valence-corrected chi connectivity index (χ2v) is 7.43. The van der Waals surface area contributed by atoms with Crippen LogP contribution in [0.1, 0.15) is 32.3 Å². The lowest BCUT2D eigenvalue weighted by Gasteiger charge is -2.28. The highest BCUT2D eigenvalue weighted by Gasteiger charge is 2.19. The van der Waals surface area contributed by atoms with Crippen LogP contribution in [-0.2, 0) is 6.54 Å². The number of nitrogens with zero attached hydrogens (tertiary/aromatic N) is 2. The predicted octanol–water partition coefficient (Wildman–Crippen LogP) is 2.71. The lowest BCUT2D eigenvalue weighted by Crippen LogP contribution is -2.37. The van der Waals surface area contributed by atoms with E-state index in [1.54, 1.807) is 7.11 Å². The average Bonchev–Trinajstić information content (AvgIpc) is 2.62. The third-order valence-corrected chi connectivity index (χ3v) is 4.96. The monoisotopic (exact) mass is 368 g/mol. The van der Waals surface area contributed by atoms with Gasteiger partial charge in [0.05, 0.1) is 7.11 Å². The number of methoxy groups -OCH3 is 1. The van der Waals surface area contributed by atoms with Crippen LogP contribution in [0.2, 0.25) is 0 Å². The summed E-state index contributed by atoms with van der Waals surface area (Å²) in [5.74, 6) is 1.29. The fourth-order valence-corrected chi connectivity index (χ4v) is 3.03. The number of rotatable bonds is 9. The molecule has 0 saturated carbocycles. The van der Waals surface area contributed by atoms with E-state index in [9.17, 15) is 9.50 Å². The summed E-state index contributed by atoms with van der Waals surface area (Å²) < 4.78 is 24.5. The van der Waals surface area contributed by atoms with Gasteiger partial charge in [0.15, 0.2) is 11.5 Å². The van der Waals surface area contributed by atoms with Crippen LogP contribution in [-0.4, -0.2) is 73.6 Å². The number of likely N-dealkylation sites (N-methyl/N-ethyl adjacent to an activating group) is 1. The van der Waals surface area contributed by atoms with Gasteiger partial charge in [-0.3, -0.25) is 4.90 Å². The van der Waals surface area contributed by atoms with Crippen molar-refractivity contribution in [3.05, 3.63) is 23.8 Å². The minimum Gasteiger partial charge on any atom is -0.493 e. The van der Waals surface area contributed by atoms with Crippen LogP contribution in [0.25, 0.3) is 0 Å². The number of piperidine rings is 1. The van der Waals surface area contributed by atoms with Gasteiger partial charge in [0, 0.05) is 32.2 Å². The molecule has 6 heteroatoms. The Bertz CT molecular complexity index is 548. The molecule has 0 spiro atoms. The van der Waals surface area contributed by atoms with Crippen molar-refractivity contribution in [1.82, 2.24) is 9.80 Å². The number of ether oxygens (including phenoxy) is 2. The fraction of sp³-hybridized carbons (Fsp3) is 0.700. The standard InChI is InChI=1S/C20H33FN2O3/c1-15(2)22(3)13-18(24)14-26-19-6-5-16(11-20(19)25-4)12-23-9-7-17(21)8-10-23/h5-6,11,15,17-18,24H,7-10,12-14H2,1-4H3/t18-/m1/s1. The van der Waals surface area contributed by atoms with E-state index >= 15 is 0 Å². The molecule has 0 aliphatic carbocycles. The SMILES string of the molecule is COc1cc(CN2CCC(F)CC2)ccc1OC[C@H](O)CN(C)C(C)C. The van der Waals surface area contributed by atoms with E-state index in [1.165, 1.54) is 0 Å². The van der Waals surface area contributed by atoms with Gasteiger partial charge in [-0.1, -0.05) is 6.07 Å². The van der Waals surface area contributed by atoms with Crippen LogP contribution < -0.4 is 9.47 Å². The van der Waals surface area contributed by atoms with Gasteiger partial charge in [0.1, 0.15) is 18.9 Å². The Morgan fingerprint density at radius 1 is 1.27 bits per heavy atom. The number of hydrogen-bond donors (Lipinski definition) is 1. The van der Waals surface area contributed by atoms with Gasteiger partial charge in [-0.05, 0) is 51.4 Å². The summed E-state index contributed by atoms with van der Waals surface area (Å²) in [7, 11) is 3.60. The van der Waals surface area contributed by atoms with Crippen LogP contribution in [0.5, 0.6) is 11.5 Å². The number of alkyl halides is 1. The molecule has 0 amide bonds. The number of aliphatic hydroxyl groups is 1. The second kappa shape index (κ2) is 10.1. The third-order valence-electron chi connectivity index (χ3n) is 4.96. The predicted molar refractivity (Wildman–Crippen MR) is 102 cm³/mol. The fourth-order valence-electron chi connectivity index (χ4n) is 3.03. The molecule has 1 saturated heterocycles. The van der Waals surface area contributed by atoms with Gasteiger partial charge in [-0.15, -0.1) is 0 Å². The van der Waals surface area contributed by atoms with Crippen LogP contribution in [0.4, 0.5) is 4.39 Å². The summed E-state index contributed by atoms with van der Waals surface area (Å²) in [6.45, 7) is 7.32. The molecule has 0 bridgehead atoms. The summed E-state index contributed by atoms with van der Waals surface area (Å²) in [5, 5.41) is 10.1. The molecule has 5 nitrogen and oxygen atoms in total. The minimum absolute atomic E-state index is 0.219. The highest BCUT2D eigenvalue weighted by Crippen LogP contribution is 2.29. The molecular formula is C20H33FN2O3. The van der Waals surface area contributed by atoms with Crippen LogP contribution in [0.3, 0.4) is 0 Å². The van der Waals surface area contributed by atoms with Gasteiger partial charge < -0.3 is 19.5 Å². The smallest absolute Gasteiger partial charge is 0.161 e. The lowest BCUT2D eigenvalue weighted by atomic mass is 10.1. The molecular weight excluding hydrogens is 335 g/mol. The van der Waals surface area contributed by atoms with Crippen molar-refractivity contribution in [3.63, 3.8) is 0 Å². The maximum absolute atomic E-state index is 13.3. The van der Waals surface area contributed by atoms with Crippen molar-refractivity contribution >= 4 is 0 Å². The molecule has 26 heavy (non-hydrogen) atoms. The Morgan fingerprint density at radius 3 is 2.58 bits per heavy atom. The lowest BCUT2D eigenvalue weighted by molar-refractivity contribution is 0.0668. The van der Waals surface area contributed by atoms with E-state index in [1.807, 2.05) is 25.2 Å². The van der Waals surface area contributed by atoms with Crippen molar-refractivity contribution in [3.8, 4) is 11.5 Å². The molecule has 1 atom stereocenters. The Hall–Kier alpha value is -1.37. The maximum Gasteiger partial charge on any atom is 0.161 e. The molecule has 1 aliphatic heterocycles. The largest absolute Gasteiger partial charge is 0.493 e. The number of aliphatic hydroxyl groups excluding tert-OH is 1. The van der Waals surface area contributed by atoms with Gasteiger partial charge in [-0.25, -0.2) is 4.39 Å². The molecule has 1 aromatic carbocycles. The first-order chi connectivity index (χ1) is 12.4. The quantitative estimate of drug-likeness (QED) is 0.726. The average molecular weight is 368 g/mol. The molecule has 2 rings (SSSR count). The molecule has 148 valence electrons. The van der Waals surface area contributed by atoms with Crippen LogP contribution >= 0.6 is 0 Å². The van der Waals surface area contributed by atoms with Gasteiger partial charge in [0.2, 0.25) is 0 Å². The number of halogens is 1. The zero-order chi connectivity index (χ0) is 19.1. The normalized spacial score (nSPS) is 17.7. The summed E-state index contributed by atoms with van der Waals surface area (Å²) >= 11 is 0. The highest BCUT2D eigenvalue weighted by atomic mass is 19.1. The highest BCUT2D eigenvalue weighted by molar-refractivity contribution is 5.43. The van der Waals surface area contributed by atoms with E-state index in [4.69, 9.17) is 9.47 Å². The molecule has 1 fully saturated rings. The third kappa shape index (κ3) is 6.41. The molecule has 1 N–H and O–H groups in total. The molecule has 1 heterocycles. The van der Waals surface area contributed by atoms with Crippen molar-refractivity contribution in [1.29, 1.82) is 0 Å². The summed E-state index contributed by atoms with van der Waals surface area (Å²) in [6, 6.07) is 6.23. The molecule has 1 aromatic rings.